The van der Waals surface area contributed by atoms with Crippen molar-refractivity contribution in [2.24, 2.45) is 4.99 Å². The van der Waals surface area contributed by atoms with Gasteiger partial charge in [-0.2, -0.15) is 0 Å². The zero-order valence-corrected chi connectivity index (χ0v) is 17.9. The average Bonchev–Trinajstić information content (AvgIpc) is 3.01. The molecule has 1 aliphatic rings. The minimum absolute atomic E-state index is 0.269. The van der Waals surface area contributed by atoms with Crippen molar-refractivity contribution in [1.82, 2.24) is 10.2 Å². The quantitative estimate of drug-likeness (QED) is 0.486. The van der Waals surface area contributed by atoms with Gasteiger partial charge in [0.25, 0.3) is 5.91 Å². The van der Waals surface area contributed by atoms with Gasteiger partial charge in [0.1, 0.15) is 5.75 Å². The summed E-state index contributed by atoms with van der Waals surface area (Å²) in [6, 6.07) is 28.7. The summed E-state index contributed by atoms with van der Waals surface area (Å²) in [6.45, 7) is 0. The number of ether oxygens (including phenoxy) is 1. The van der Waals surface area contributed by atoms with Crippen LogP contribution in [0.15, 0.2) is 96.0 Å². The third kappa shape index (κ3) is 4.29. The van der Waals surface area contributed by atoms with Crippen molar-refractivity contribution >= 4 is 23.1 Å². The van der Waals surface area contributed by atoms with Crippen molar-refractivity contribution in [3.8, 4) is 17.0 Å². The molecule has 1 unspecified atom stereocenters. The molecule has 1 aromatic heterocycles. The van der Waals surface area contributed by atoms with E-state index in [1.807, 2.05) is 84.9 Å². The van der Waals surface area contributed by atoms with Gasteiger partial charge < -0.3 is 15.4 Å². The van der Waals surface area contributed by atoms with Gasteiger partial charge in [0.15, 0.2) is 5.82 Å². The maximum absolute atomic E-state index is 13.0. The Labute approximate surface area is 191 Å². The van der Waals surface area contributed by atoms with E-state index in [0.717, 1.165) is 39.5 Å². The van der Waals surface area contributed by atoms with Crippen LogP contribution >= 0.6 is 0 Å². The molecule has 162 valence electrons. The van der Waals surface area contributed by atoms with Crippen LogP contribution in [0.2, 0.25) is 0 Å². The summed E-state index contributed by atoms with van der Waals surface area (Å²) in [7, 11) is 1.63. The number of nitrogens with one attached hydrogen (secondary N) is 2. The molecule has 0 saturated carbocycles. The molecular formula is C26H21N5O2. The molecule has 1 atom stereocenters. The molecule has 0 spiro atoms. The van der Waals surface area contributed by atoms with E-state index in [-0.39, 0.29) is 5.91 Å². The van der Waals surface area contributed by atoms with Gasteiger partial charge in [0, 0.05) is 16.7 Å². The fourth-order valence-electron chi connectivity index (χ4n) is 3.65. The number of amides is 1. The standard InChI is InChI=1S/C26H21N5O2/c1-33-19-13-11-17(12-14-19)21-15-16-23(31-30-21)28-25-26(32)27-22-10-6-5-9-20(22)24(29-25)18-7-3-2-4-8-18/h2-16,25H,1H3,(H,27,32)(H,28,31). The van der Waals surface area contributed by atoms with Crippen LogP contribution in [-0.4, -0.2) is 35.1 Å². The van der Waals surface area contributed by atoms with Crippen LogP contribution in [-0.2, 0) is 4.79 Å². The zero-order chi connectivity index (χ0) is 22.6. The largest absolute Gasteiger partial charge is 0.497 e. The van der Waals surface area contributed by atoms with Crippen LogP contribution in [0, 0.1) is 0 Å². The van der Waals surface area contributed by atoms with Gasteiger partial charge in [-0.05, 0) is 42.5 Å². The van der Waals surface area contributed by atoms with Crippen molar-refractivity contribution in [2.75, 3.05) is 17.7 Å². The van der Waals surface area contributed by atoms with Crippen molar-refractivity contribution in [1.29, 1.82) is 0 Å². The molecule has 1 aliphatic heterocycles. The van der Waals surface area contributed by atoms with Crippen LogP contribution in [0.4, 0.5) is 11.5 Å². The molecular weight excluding hydrogens is 414 g/mol. The number of nitrogens with zero attached hydrogens (tertiary/aromatic N) is 3. The lowest BCUT2D eigenvalue weighted by Gasteiger charge is -2.13. The van der Waals surface area contributed by atoms with Gasteiger partial charge in [-0.1, -0.05) is 48.5 Å². The Hall–Kier alpha value is -4.52. The normalized spacial score (nSPS) is 15.0. The monoisotopic (exact) mass is 435 g/mol. The predicted molar refractivity (Wildman–Crippen MR) is 129 cm³/mol. The van der Waals surface area contributed by atoms with Crippen molar-refractivity contribution in [2.45, 2.75) is 6.17 Å². The van der Waals surface area contributed by atoms with Crippen LogP contribution in [0.1, 0.15) is 11.1 Å². The zero-order valence-electron chi connectivity index (χ0n) is 17.9. The number of benzene rings is 3. The maximum Gasteiger partial charge on any atom is 0.269 e. The number of para-hydroxylation sites is 1. The van der Waals surface area contributed by atoms with Gasteiger partial charge in [0.05, 0.1) is 24.2 Å². The van der Waals surface area contributed by atoms with Gasteiger partial charge >= 0.3 is 0 Å². The number of hydrogen-bond donors (Lipinski definition) is 2. The second-order valence-electron chi connectivity index (χ2n) is 7.46. The van der Waals surface area contributed by atoms with E-state index in [2.05, 4.69) is 20.8 Å². The summed E-state index contributed by atoms with van der Waals surface area (Å²) in [5.74, 6) is 0.960. The van der Waals surface area contributed by atoms with E-state index in [1.165, 1.54) is 0 Å². The van der Waals surface area contributed by atoms with E-state index in [4.69, 9.17) is 9.73 Å². The molecule has 0 fully saturated rings. The van der Waals surface area contributed by atoms with E-state index in [1.54, 1.807) is 13.2 Å². The van der Waals surface area contributed by atoms with Crippen molar-refractivity contribution in [3.05, 3.63) is 102 Å². The lowest BCUT2D eigenvalue weighted by atomic mass is 10.0. The predicted octanol–water partition coefficient (Wildman–Crippen LogP) is 4.38. The maximum atomic E-state index is 13.0. The Morgan fingerprint density at radius 2 is 1.58 bits per heavy atom. The van der Waals surface area contributed by atoms with Gasteiger partial charge in [-0.25, -0.2) is 4.99 Å². The molecule has 4 aromatic rings. The molecule has 7 nitrogen and oxygen atoms in total. The van der Waals surface area contributed by atoms with E-state index in [9.17, 15) is 4.79 Å². The van der Waals surface area contributed by atoms with Crippen LogP contribution in [0.5, 0.6) is 5.75 Å². The smallest absolute Gasteiger partial charge is 0.269 e. The van der Waals surface area contributed by atoms with Crippen molar-refractivity contribution < 1.29 is 9.53 Å². The lowest BCUT2D eigenvalue weighted by Crippen LogP contribution is -2.33. The summed E-state index contributed by atoms with van der Waals surface area (Å²) in [4.78, 5) is 17.7. The number of carbonyl (C=O) groups excluding carboxylic acids is 1. The topological polar surface area (TPSA) is 88.5 Å². The minimum Gasteiger partial charge on any atom is -0.497 e. The highest BCUT2D eigenvalue weighted by atomic mass is 16.5. The van der Waals surface area contributed by atoms with Crippen LogP contribution in [0.25, 0.3) is 11.3 Å². The third-order valence-corrected chi connectivity index (χ3v) is 5.33. The number of benzodiazepines with no additional fused rings is 1. The number of carbonyl (C=O) groups is 1. The second-order valence-corrected chi connectivity index (χ2v) is 7.46. The number of hydrogen-bond acceptors (Lipinski definition) is 6. The Bertz CT molecular complexity index is 1300. The molecule has 5 rings (SSSR count). The molecule has 0 radical (unpaired) electrons. The molecule has 0 saturated heterocycles. The molecule has 1 amide bonds. The molecule has 0 bridgehead atoms. The minimum atomic E-state index is -0.867. The first kappa shape index (κ1) is 20.4. The number of fused-ring (bicyclic) bond motifs is 1. The first-order chi connectivity index (χ1) is 16.2. The lowest BCUT2D eigenvalue weighted by molar-refractivity contribution is -0.116. The van der Waals surface area contributed by atoms with E-state index in [0.29, 0.717) is 5.82 Å². The number of rotatable bonds is 5. The summed E-state index contributed by atoms with van der Waals surface area (Å²) < 4.78 is 5.20. The summed E-state index contributed by atoms with van der Waals surface area (Å²) in [5, 5.41) is 14.6. The molecule has 2 N–H and O–H groups in total. The van der Waals surface area contributed by atoms with Crippen LogP contribution < -0.4 is 15.4 Å². The number of methoxy groups -OCH3 is 1. The fourth-order valence-corrected chi connectivity index (χ4v) is 3.65. The summed E-state index contributed by atoms with van der Waals surface area (Å²) in [5.41, 5.74) is 4.87. The number of aliphatic imine (C=N–C) groups is 1. The highest BCUT2D eigenvalue weighted by molar-refractivity contribution is 6.19. The molecule has 33 heavy (non-hydrogen) atoms. The highest BCUT2D eigenvalue weighted by Crippen LogP contribution is 2.25. The fraction of sp³-hybridized carbons (Fsp3) is 0.0769. The number of aromatic nitrogens is 2. The van der Waals surface area contributed by atoms with Crippen molar-refractivity contribution in [3.63, 3.8) is 0 Å². The van der Waals surface area contributed by atoms with E-state index < -0.39 is 6.17 Å². The van der Waals surface area contributed by atoms with Gasteiger partial charge in [-0.3, -0.25) is 4.79 Å². The summed E-state index contributed by atoms with van der Waals surface area (Å²) in [6.07, 6.45) is -0.867. The van der Waals surface area contributed by atoms with E-state index >= 15 is 0 Å². The first-order valence-corrected chi connectivity index (χ1v) is 10.5. The number of anilines is 2. The molecule has 0 aliphatic carbocycles. The SMILES string of the molecule is COc1ccc(-c2ccc(NC3N=C(c4ccccc4)c4ccccc4NC3=O)nn2)cc1. The first-order valence-electron chi connectivity index (χ1n) is 10.5. The average molecular weight is 435 g/mol. The Kier molecular flexibility index (Phi) is 5.51. The Morgan fingerprint density at radius 1 is 0.818 bits per heavy atom. The Morgan fingerprint density at radius 3 is 2.30 bits per heavy atom. The van der Waals surface area contributed by atoms with Gasteiger partial charge in [0.2, 0.25) is 6.17 Å². The summed E-state index contributed by atoms with van der Waals surface area (Å²) >= 11 is 0. The third-order valence-electron chi connectivity index (χ3n) is 5.33. The Balaban J connectivity index is 1.44. The molecule has 2 heterocycles. The molecule has 3 aromatic carbocycles. The van der Waals surface area contributed by atoms with Crippen LogP contribution in [0.3, 0.4) is 0 Å². The highest BCUT2D eigenvalue weighted by Gasteiger charge is 2.26. The van der Waals surface area contributed by atoms with Gasteiger partial charge in [-0.15, -0.1) is 10.2 Å². The second kappa shape index (κ2) is 8.92. The molecule has 7 heteroatoms.